The smallest absolute Gasteiger partial charge is 0.258 e. The monoisotopic (exact) mass is 286 g/mol. The topological polar surface area (TPSA) is 33.7 Å². The van der Waals surface area contributed by atoms with Gasteiger partial charge in [0.1, 0.15) is 0 Å². The molecule has 20 heavy (non-hydrogen) atoms. The normalized spacial score (nSPS) is 18.1. The number of nitrogens with one attached hydrogen (secondary N) is 1. The van der Waals surface area contributed by atoms with E-state index in [0.29, 0.717) is 30.2 Å². The van der Waals surface area contributed by atoms with Gasteiger partial charge in [-0.15, -0.1) is 0 Å². The Morgan fingerprint density at radius 3 is 2.30 bits per heavy atom. The Balaban J connectivity index is 2.28. The number of halogens is 2. The summed E-state index contributed by atoms with van der Waals surface area (Å²) in [5, 5.41) is 3.17. The maximum atomic E-state index is 13.5. The third kappa shape index (κ3) is 3.19. The molecule has 1 fully saturated rings. The van der Waals surface area contributed by atoms with Crippen molar-refractivity contribution in [2.45, 2.75) is 12.5 Å². The number of methoxy groups -OCH3 is 2. The van der Waals surface area contributed by atoms with E-state index in [-0.39, 0.29) is 0 Å². The summed E-state index contributed by atoms with van der Waals surface area (Å²) < 4.78 is 37.2. The molecule has 0 radical (unpaired) electrons. The molecule has 1 atom stereocenters. The van der Waals surface area contributed by atoms with Crippen molar-refractivity contribution in [1.29, 1.82) is 0 Å². The van der Waals surface area contributed by atoms with Crippen molar-refractivity contribution in [3.63, 3.8) is 0 Å². The van der Waals surface area contributed by atoms with Gasteiger partial charge in [-0.05, 0) is 17.7 Å². The van der Waals surface area contributed by atoms with Gasteiger partial charge >= 0.3 is 0 Å². The molecule has 112 valence electrons. The number of nitrogens with zero attached hydrogens (tertiary/aromatic N) is 1. The maximum Gasteiger partial charge on any atom is 0.258 e. The Morgan fingerprint density at radius 1 is 1.10 bits per heavy atom. The van der Waals surface area contributed by atoms with Gasteiger partial charge < -0.3 is 14.8 Å². The van der Waals surface area contributed by atoms with Gasteiger partial charge in [0.2, 0.25) is 0 Å². The van der Waals surface area contributed by atoms with E-state index < -0.39 is 12.5 Å². The van der Waals surface area contributed by atoms with E-state index in [4.69, 9.17) is 9.47 Å². The Bertz CT molecular complexity index is 437. The van der Waals surface area contributed by atoms with Crippen molar-refractivity contribution in [1.82, 2.24) is 10.2 Å². The molecule has 2 rings (SSSR count). The molecular formula is C14H20F2N2O2. The molecule has 1 aromatic rings. The number of hydrogen-bond donors (Lipinski definition) is 1. The molecule has 0 spiro atoms. The SMILES string of the molecule is COc1ccc([C@@H](C(F)F)N2CCNCC2)cc1OC. The molecule has 1 aliphatic heterocycles. The first-order valence-electron chi connectivity index (χ1n) is 6.62. The zero-order valence-corrected chi connectivity index (χ0v) is 11.7. The number of hydrogen-bond acceptors (Lipinski definition) is 4. The molecule has 1 aromatic carbocycles. The third-order valence-corrected chi connectivity index (χ3v) is 3.53. The van der Waals surface area contributed by atoms with Crippen molar-refractivity contribution in [3.8, 4) is 11.5 Å². The van der Waals surface area contributed by atoms with Crippen LogP contribution < -0.4 is 14.8 Å². The average Bonchev–Trinajstić information content (AvgIpc) is 2.48. The van der Waals surface area contributed by atoms with Crippen LogP contribution in [-0.2, 0) is 0 Å². The highest BCUT2D eigenvalue weighted by Crippen LogP contribution is 2.34. The van der Waals surface area contributed by atoms with Gasteiger partial charge in [-0.3, -0.25) is 4.90 Å². The van der Waals surface area contributed by atoms with Crippen molar-refractivity contribution < 1.29 is 18.3 Å². The van der Waals surface area contributed by atoms with Crippen LogP contribution in [0.5, 0.6) is 11.5 Å². The summed E-state index contributed by atoms with van der Waals surface area (Å²) in [7, 11) is 3.03. The third-order valence-electron chi connectivity index (χ3n) is 3.53. The molecule has 0 unspecified atom stereocenters. The fraction of sp³-hybridized carbons (Fsp3) is 0.571. The Labute approximate surface area is 117 Å². The van der Waals surface area contributed by atoms with E-state index >= 15 is 0 Å². The standard InChI is InChI=1S/C14H20F2N2O2/c1-19-11-4-3-10(9-12(11)20-2)13(14(15)16)18-7-5-17-6-8-18/h3-4,9,13-14,17H,5-8H2,1-2H3/t13-/m0/s1. The Kier molecular flexibility index (Phi) is 5.14. The second kappa shape index (κ2) is 6.85. The quantitative estimate of drug-likeness (QED) is 0.896. The first-order chi connectivity index (χ1) is 9.67. The minimum Gasteiger partial charge on any atom is -0.493 e. The summed E-state index contributed by atoms with van der Waals surface area (Å²) in [4.78, 5) is 1.81. The predicted molar refractivity (Wildman–Crippen MR) is 72.7 cm³/mol. The zero-order chi connectivity index (χ0) is 14.5. The van der Waals surface area contributed by atoms with Crippen LogP contribution in [0.1, 0.15) is 11.6 Å². The first-order valence-corrected chi connectivity index (χ1v) is 6.62. The molecule has 1 saturated heterocycles. The molecule has 1 N–H and O–H groups in total. The maximum absolute atomic E-state index is 13.5. The second-order valence-electron chi connectivity index (χ2n) is 4.68. The van der Waals surface area contributed by atoms with Gasteiger partial charge in [-0.2, -0.15) is 0 Å². The Morgan fingerprint density at radius 2 is 1.75 bits per heavy atom. The Hall–Kier alpha value is -1.40. The van der Waals surface area contributed by atoms with Gasteiger partial charge in [0.15, 0.2) is 11.5 Å². The second-order valence-corrected chi connectivity index (χ2v) is 4.68. The van der Waals surface area contributed by atoms with E-state index in [1.165, 1.54) is 14.2 Å². The summed E-state index contributed by atoms with van der Waals surface area (Å²) in [6, 6.07) is 4.08. The van der Waals surface area contributed by atoms with E-state index in [1.54, 1.807) is 18.2 Å². The highest BCUT2D eigenvalue weighted by molar-refractivity contribution is 5.44. The molecule has 0 amide bonds. The molecule has 4 nitrogen and oxygen atoms in total. The fourth-order valence-corrected chi connectivity index (χ4v) is 2.51. The number of rotatable bonds is 5. The van der Waals surface area contributed by atoms with Crippen molar-refractivity contribution >= 4 is 0 Å². The van der Waals surface area contributed by atoms with Gasteiger partial charge in [0, 0.05) is 26.2 Å². The lowest BCUT2D eigenvalue weighted by atomic mass is 10.0. The lowest BCUT2D eigenvalue weighted by Gasteiger charge is -2.34. The van der Waals surface area contributed by atoms with Crippen LogP contribution in [-0.4, -0.2) is 51.7 Å². The highest BCUT2D eigenvalue weighted by atomic mass is 19.3. The summed E-state index contributed by atoms with van der Waals surface area (Å²) >= 11 is 0. The number of ether oxygens (including phenoxy) is 2. The van der Waals surface area contributed by atoms with Gasteiger partial charge in [0.25, 0.3) is 6.43 Å². The van der Waals surface area contributed by atoms with Crippen LogP contribution in [0.2, 0.25) is 0 Å². The number of alkyl halides is 2. The molecular weight excluding hydrogens is 266 g/mol. The highest BCUT2D eigenvalue weighted by Gasteiger charge is 2.30. The van der Waals surface area contributed by atoms with Crippen LogP contribution in [0, 0.1) is 0 Å². The van der Waals surface area contributed by atoms with Crippen LogP contribution >= 0.6 is 0 Å². The van der Waals surface area contributed by atoms with Crippen LogP contribution in [0.15, 0.2) is 18.2 Å². The van der Waals surface area contributed by atoms with Crippen molar-refractivity contribution in [2.75, 3.05) is 40.4 Å². The minimum atomic E-state index is -2.44. The van der Waals surface area contributed by atoms with Crippen molar-refractivity contribution in [3.05, 3.63) is 23.8 Å². The fourth-order valence-electron chi connectivity index (χ4n) is 2.51. The van der Waals surface area contributed by atoms with Crippen molar-refractivity contribution in [2.24, 2.45) is 0 Å². The van der Waals surface area contributed by atoms with Gasteiger partial charge in [-0.25, -0.2) is 8.78 Å². The first kappa shape index (κ1) is 15.0. The molecule has 0 aliphatic carbocycles. The summed E-state index contributed by atoms with van der Waals surface area (Å²) in [5.41, 5.74) is 0.555. The molecule has 6 heteroatoms. The molecule has 1 heterocycles. The summed E-state index contributed by atoms with van der Waals surface area (Å²) in [6.07, 6.45) is -2.44. The van der Waals surface area contributed by atoms with E-state index in [2.05, 4.69) is 5.32 Å². The predicted octanol–water partition coefficient (Wildman–Crippen LogP) is 1.92. The molecule has 1 aliphatic rings. The zero-order valence-electron chi connectivity index (χ0n) is 11.7. The summed E-state index contributed by atoms with van der Waals surface area (Å²) in [5.74, 6) is 1.02. The number of piperazine rings is 1. The number of benzene rings is 1. The van der Waals surface area contributed by atoms with E-state index in [9.17, 15) is 8.78 Å². The van der Waals surface area contributed by atoms with E-state index in [1.807, 2.05) is 4.90 Å². The molecule has 0 aromatic heterocycles. The van der Waals surface area contributed by atoms with Crippen LogP contribution in [0.3, 0.4) is 0 Å². The van der Waals surface area contributed by atoms with Gasteiger partial charge in [-0.1, -0.05) is 6.07 Å². The molecule has 0 saturated carbocycles. The van der Waals surface area contributed by atoms with Gasteiger partial charge in [0.05, 0.1) is 20.3 Å². The van der Waals surface area contributed by atoms with Crippen LogP contribution in [0.25, 0.3) is 0 Å². The lowest BCUT2D eigenvalue weighted by Crippen LogP contribution is -2.46. The molecule has 0 bridgehead atoms. The average molecular weight is 286 g/mol. The minimum absolute atomic E-state index is 0.478. The largest absolute Gasteiger partial charge is 0.493 e. The summed E-state index contributed by atoms with van der Waals surface area (Å²) in [6.45, 7) is 2.69. The van der Waals surface area contributed by atoms with Crippen LogP contribution in [0.4, 0.5) is 8.78 Å². The lowest BCUT2D eigenvalue weighted by molar-refractivity contribution is 0.0181. The van der Waals surface area contributed by atoms with E-state index in [0.717, 1.165) is 13.1 Å².